The summed E-state index contributed by atoms with van der Waals surface area (Å²) in [4.78, 5) is 4.31. The highest BCUT2D eigenvalue weighted by Gasteiger charge is 2.23. The smallest absolute Gasteiger partial charge is 0.146 e. The first-order valence-corrected chi connectivity index (χ1v) is 6.88. The summed E-state index contributed by atoms with van der Waals surface area (Å²) in [5.74, 6) is -0.255. The lowest BCUT2D eigenvalue weighted by atomic mass is 10.0. The van der Waals surface area contributed by atoms with Gasteiger partial charge in [-0.05, 0) is 51.1 Å². The Hall–Kier alpha value is -1.13. The Bertz CT molecular complexity index is 436. The topological polar surface area (TPSA) is 26.7 Å². The molecule has 1 N–H and O–H groups in total. The number of rotatable bonds is 3. The van der Waals surface area contributed by atoms with E-state index < -0.39 is 6.10 Å². The zero-order valence-electron chi connectivity index (χ0n) is 11.9. The molecule has 1 fully saturated rings. The highest BCUT2D eigenvalue weighted by Crippen LogP contribution is 2.26. The van der Waals surface area contributed by atoms with Gasteiger partial charge in [-0.1, -0.05) is 6.07 Å². The molecule has 2 rings (SSSR count). The average molecular weight is 266 g/mol. The lowest BCUT2D eigenvalue weighted by Gasteiger charge is -2.37. The minimum absolute atomic E-state index is 0.255. The van der Waals surface area contributed by atoms with Crippen molar-refractivity contribution in [3.63, 3.8) is 0 Å². The van der Waals surface area contributed by atoms with E-state index in [0.717, 1.165) is 25.9 Å². The number of halogens is 1. The summed E-state index contributed by atoms with van der Waals surface area (Å²) in [5.41, 5.74) is 1.24. The molecule has 1 aliphatic heterocycles. The number of benzene rings is 1. The van der Waals surface area contributed by atoms with E-state index in [1.807, 2.05) is 11.9 Å². The molecular formula is C15H23FN2O. The Labute approximate surface area is 114 Å². The van der Waals surface area contributed by atoms with Gasteiger partial charge in [-0.2, -0.15) is 0 Å². The Morgan fingerprint density at radius 1 is 1.47 bits per heavy atom. The van der Waals surface area contributed by atoms with Gasteiger partial charge >= 0.3 is 0 Å². The number of anilines is 1. The van der Waals surface area contributed by atoms with Crippen LogP contribution in [0.4, 0.5) is 10.1 Å². The van der Waals surface area contributed by atoms with Crippen molar-refractivity contribution in [2.75, 3.05) is 32.1 Å². The van der Waals surface area contributed by atoms with E-state index in [4.69, 9.17) is 0 Å². The molecule has 0 aromatic heterocycles. The molecule has 1 aromatic carbocycles. The Kier molecular flexibility index (Phi) is 4.42. The van der Waals surface area contributed by atoms with E-state index >= 15 is 0 Å². The fraction of sp³-hybridized carbons (Fsp3) is 0.600. The highest BCUT2D eigenvalue weighted by molar-refractivity contribution is 5.49. The summed E-state index contributed by atoms with van der Waals surface area (Å²) < 4.78 is 14.1. The van der Waals surface area contributed by atoms with Crippen molar-refractivity contribution in [2.45, 2.75) is 31.9 Å². The summed E-state index contributed by atoms with van der Waals surface area (Å²) in [6.45, 7) is 3.73. The maximum atomic E-state index is 14.1. The van der Waals surface area contributed by atoms with Crippen molar-refractivity contribution in [2.24, 2.45) is 0 Å². The molecule has 1 aromatic rings. The Balaban J connectivity index is 2.16. The number of likely N-dealkylation sites (N-methyl/N-ethyl adjacent to an activating group) is 2. The Morgan fingerprint density at radius 3 is 2.79 bits per heavy atom. The van der Waals surface area contributed by atoms with Gasteiger partial charge in [-0.3, -0.25) is 0 Å². The average Bonchev–Trinajstić information content (AvgIpc) is 2.37. The third-order valence-corrected chi connectivity index (χ3v) is 3.98. The van der Waals surface area contributed by atoms with E-state index in [2.05, 4.69) is 11.9 Å². The summed E-state index contributed by atoms with van der Waals surface area (Å²) in [6.07, 6.45) is 1.62. The maximum Gasteiger partial charge on any atom is 0.146 e. The molecule has 0 saturated carbocycles. The van der Waals surface area contributed by atoms with E-state index in [1.54, 1.807) is 19.1 Å². The van der Waals surface area contributed by atoms with Crippen LogP contribution in [0.15, 0.2) is 18.2 Å². The molecule has 3 nitrogen and oxygen atoms in total. The molecule has 0 bridgehead atoms. The van der Waals surface area contributed by atoms with Crippen LogP contribution >= 0.6 is 0 Å². The summed E-state index contributed by atoms with van der Waals surface area (Å²) in [7, 11) is 4.05. The molecule has 2 atom stereocenters. The van der Waals surface area contributed by atoms with Crippen LogP contribution < -0.4 is 4.90 Å². The molecule has 0 spiro atoms. The molecule has 1 unspecified atom stereocenters. The van der Waals surface area contributed by atoms with Gasteiger partial charge in [0.1, 0.15) is 5.82 Å². The third-order valence-electron chi connectivity index (χ3n) is 3.98. The first-order valence-electron chi connectivity index (χ1n) is 6.88. The quantitative estimate of drug-likeness (QED) is 0.910. The zero-order valence-corrected chi connectivity index (χ0v) is 11.9. The fourth-order valence-corrected chi connectivity index (χ4v) is 2.72. The number of piperidine rings is 1. The monoisotopic (exact) mass is 266 g/mol. The van der Waals surface area contributed by atoms with Gasteiger partial charge in [0, 0.05) is 19.6 Å². The minimum Gasteiger partial charge on any atom is -0.389 e. The van der Waals surface area contributed by atoms with Crippen LogP contribution in [0.25, 0.3) is 0 Å². The first-order chi connectivity index (χ1) is 8.99. The van der Waals surface area contributed by atoms with Gasteiger partial charge in [0.05, 0.1) is 11.8 Å². The van der Waals surface area contributed by atoms with Crippen molar-refractivity contribution in [3.05, 3.63) is 29.6 Å². The predicted octanol–water partition coefficient (Wildman–Crippen LogP) is 2.41. The first kappa shape index (κ1) is 14.3. The molecule has 1 heterocycles. The van der Waals surface area contributed by atoms with E-state index in [0.29, 0.717) is 17.3 Å². The molecule has 1 saturated heterocycles. The predicted molar refractivity (Wildman–Crippen MR) is 76.0 cm³/mol. The molecule has 106 valence electrons. The second-order valence-corrected chi connectivity index (χ2v) is 5.56. The van der Waals surface area contributed by atoms with Crippen LogP contribution in [-0.4, -0.2) is 43.2 Å². The van der Waals surface area contributed by atoms with Gasteiger partial charge in [0.15, 0.2) is 0 Å². The molecular weight excluding hydrogens is 243 g/mol. The van der Waals surface area contributed by atoms with Crippen LogP contribution in [0, 0.1) is 5.82 Å². The van der Waals surface area contributed by atoms with Crippen LogP contribution in [0.5, 0.6) is 0 Å². The van der Waals surface area contributed by atoms with Crippen LogP contribution in [0.1, 0.15) is 31.4 Å². The van der Waals surface area contributed by atoms with Crippen LogP contribution in [-0.2, 0) is 0 Å². The van der Waals surface area contributed by atoms with E-state index in [9.17, 15) is 9.50 Å². The molecule has 0 amide bonds. The van der Waals surface area contributed by atoms with Crippen molar-refractivity contribution in [1.82, 2.24) is 4.90 Å². The fourth-order valence-electron chi connectivity index (χ4n) is 2.72. The van der Waals surface area contributed by atoms with Gasteiger partial charge in [0.25, 0.3) is 0 Å². The largest absolute Gasteiger partial charge is 0.389 e. The van der Waals surface area contributed by atoms with Gasteiger partial charge in [-0.15, -0.1) is 0 Å². The van der Waals surface area contributed by atoms with Gasteiger partial charge < -0.3 is 14.9 Å². The Morgan fingerprint density at radius 2 is 2.21 bits per heavy atom. The van der Waals surface area contributed by atoms with E-state index in [-0.39, 0.29) is 5.82 Å². The molecule has 0 aliphatic carbocycles. The number of aliphatic hydroxyl groups excluding tert-OH is 1. The molecule has 19 heavy (non-hydrogen) atoms. The summed E-state index contributed by atoms with van der Waals surface area (Å²) in [5, 5.41) is 9.47. The number of hydrogen-bond acceptors (Lipinski definition) is 3. The number of nitrogens with zero attached hydrogens (tertiary/aromatic N) is 2. The minimum atomic E-state index is -0.630. The SMILES string of the molecule is C[C@H](O)c1ccc(N(C)C2CCCN(C)C2)c(F)c1. The van der Waals surface area contributed by atoms with Crippen LogP contribution in [0.2, 0.25) is 0 Å². The zero-order chi connectivity index (χ0) is 14.0. The maximum absolute atomic E-state index is 14.1. The summed E-state index contributed by atoms with van der Waals surface area (Å²) >= 11 is 0. The molecule has 0 radical (unpaired) electrons. The van der Waals surface area contributed by atoms with Crippen molar-refractivity contribution in [3.8, 4) is 0 Å². The van der Waals surface area contributed by atoms with Crippen molar-refractivity contribution < 1.29 is 9.50 Å². The standard InChI is InChI=1S/C15H23FN2O/c1-11(19)12-6-7-15(14(16)9-12)18(3)13-5-4-8-17(2)10-13/h6-7,9,11,13,19H,4-5,8,10H2,1-3H3/t11-,13?/m0/s1. The third kappa shape index (κ3) is 3.25. The normalized spacial score (nSPS) is 22.3. The number of likely N-dealkylation sites (tertiary alicyclic amines) is 1. The van der Waals surface area contributed by atoms with Crippen molar-refractivity contribution >= 4 is 5.69 Å². The molecule has 4 heteroatoms. The lowest BCUT2D eigenvalue weighted by Crippen LogP contribution is -2.45. The number of hydrogen-bond donors (Lipinski definition) is 1. The number of aliphatic hydroxyl groups is 1. The van der Waals surface area contributed by atoms with Crippen LogP contribution in [0.3, 0.4) is 0 Å². The van der Waals surface area contributed by atoms with Gasteiger partial charge in [0.2, 0.25) is 0 Å². The van der Waals surface area contributed by atoms with E-state index in [1.165, 1.54) is 6.07 Å². The second kappa shape index (κ2) is 5.88. The molecule has 1 aliphatic rings. The summed E-state index contributed by atoms with van der Waals surface area (Å²) in [6, 6.07) is 5.35. The second-order valence-electron chi connectivity index (χ2n) is 5.56. The highest BCUT2D eigenvalue weighted by atomic mass is 19.1. The van der Waals surface area contributed by atoms with Gasteiger partial charge in [-0.25, -0.2) is 4.39 Å². The lowest BCUT2D eigenvalue weighted by molar-refractivity contribution is 0.199. The van der Waals surface area contributed by atoms with Crippen molar-refractivity contribution in [1.29, 1.82) is 0 Å².